The fourth-order valence-corrected chi connectivity index (χ4v) is 0.868. The third kappa shape index (κ3) is 2.56. The van der Waals surface area contributed by atoms with Crippen LogP contribution < -0.4 is 0 Å². The fourth-order valence-electron chi connectivity index (χ4n) is 0.701. The van der Waals surface area contributed by atoms with E-state index in [0.29, 0.717) is 11.1 Å². The Kier molecular flexibility index (Phi) is 3.13. The molecule has 0 saturated heterocycles. The highest BCUT2D eigenvalue weighted by molar-refractivity contribution is 6.30. The average molecular weight is 180 g/mol. The molecular weight excluding hydrogens is 170 g/mol. The molecule has 0 radical (unpaired) electrons. The Labute approximate surface area is 77.8 Å². The van der Waals surface area contributed by atoms with Crippen molar-refractivity contribution in [3.8, 4) is 11.8 Å². The second-order valence-corrected chi connectivity index (χ2v) is 3.12. The van der Waals surface area contributed by atoms with Crippen LogP contribution in [0.2, 0.25) is 5.15 Å². The highest BCUT2D eigenvalue weighted by Gasteiger charge is 1.94. The molecule has 0 aliphatic carbocycles. The molecule has 0 spiro atoms. The van der Waals surface area contributed by atoms with E-state index in [4.69, 9.17) is 11.6 Å². The molecule has 0 saturated carbocycles. The Morgan fingerprint density at radius 2 is 2.25 bits per heavy atom. The van der Waals surface area contributed by atoms with Gasteiger partial charge in [0.25, 0.3) is 0 Å². The first kappa shape index (κ1) is 9.09. The predicted octanol–water partition coefficient (Wildman–Crippen LogP) is 2.74. The van der Waals surface area contributed by atoms with E-state index in [0.717, 1.165) is 5.56 Å². The molecule has 0 N–H and O–H groups in total. The summed E-state index contributed by atoms with van der Waals surface area (Å²) >= 11 is 5.79. The van der Waals surface area contributed by atoms with Crippen LogP contribution in [0.5, 0.6) is 0 Å². The van der Waals surface area contributed by atoms with Gasteiger partial charge >= 0.3 is 0 Å². The largest absolute Gasteiger partial charge is 0.243 e. The minimum absolute atomic E-state index is 0.362. The van der Waals surface area contributed by atoms with Gasteiger partial charge in [0.2, 0.25) is 0 Å². The second-order valence-electron chi connectivity index (χ2n) is 2.77. The molecule has 62 valence electrons. The molecule has 0 bridgehead atoms. The summed E-state index contributed by atoms with van der Waals surface area (Å²) in [5.41, 5.74) is 0.799. The molecule has 0 amide bonds. The van der Waals surface area contributed by atoms with Crippen molar-refractivity contribution < 1.29 is 0 Å². The van der Waals surface area contributed by atoms with E-state index in [1.807, 2.05) is 26.0 Å². The van der Waals surface area contributed by atoms with Gasteiger partial charge in [0.05, 0.1) is 5.56 Å². The fraction of sp³-hybridized carbons (Fsp3) is 0.300. The first-order chi connectivity index (χ1) is 5.70. The maximum Gasteiger partial charge on any atom is 0.144 e. The lowest BCUT2D eigenvalue weighted by Crippen LogP contribution is -1.82. The molecule has 0 unspecified atom stereocenters. The SMILES string of the molecule is CC(C)C#Cc1cccnc1Cl. The van der Waals surface area contributed by atoms with E-state index in [2.05, 4.69) is 16.8 Å². The molecule has 1 rings (SSSR count). The zero-order valence-corrected chi connectivity index (χ0v) is 7.89. The zero-order valence-electron chi connectivity index (χ0n) is 7.13. The summed E-state index contributed by atoms with van der Waals surface area (Å²) in [5, 5.41) is 0.477. The van der Waals surface area contributed by atoms with Gasteiger partial charge in [-0.05, 0) is 12.1 Å². The molecule has 0 aliphatic rings. The van der Waals surface area contributed by atoms with Crippen LogP contribution in [0.1, 0.15) is 19.4 Å². The van der Waals surface area contributed by atoms with Crippen LogP contribution in [0.4, 0.5) is 0 Å². The van der Waals surface area contributed by atoms with Gasteiger partial charge in [-0.1, -0.05) is 37.3 Å². The Bertz CT molecular complexity index is 320. The number of nitrogens with zero attached hydrogens (tertiary/aromatic N) is 1. The lowest BCUT2D eigenvalue weighted by atomic mass is 10.2. The van der Waals surface area contributed by atoms with Crippen molar-refractivity contribution in [1.29, 1.82) is 0 Å². The Morgan fingerprint density at radius 1 is 1.50 bits per heavy atom. The Hall–Kier alpha value is -1.00. The van der Waals surface area contributed by atoms with Crippen LogP contribution in [0.3, 0.4) is 0 Å². The number of hydrogen-bond donors (Lipinski definition) is 0. The van der Waals surface area contributed by atoms with Gasteiger partial charge < -0.3 is 0 Å². The van der Waals surface area contributed by atoms with Crippen LogP contribution in [0, 0.1) is 17.8 Å². The van der Waals surface area contributed by atoms with Crippen LogP contribution in [0.25, 0.3) is 0 Å². The monoisotopic (exact) mass is 179 g/mol. The second kappa shape index (κ2) is 4.13. The molecular formula is C10H10ClN. The van der Waals surface area contributed by atoms with Crippen LogP contribution >= 0.6 is 11.6 Å². The van der Waals surface area contributed by atoms with E-state index in [1.165, 1.54) is 0 Å². The van der Waals surface area contributed by atoms with Crippen molar-refractivity contribution in [3.05, 3.63) is 29.0 Å². The third-order valence-electron chi connectivity index (χ3n) is 1.25. The van der Waals surface area contributed by atoms with Gasteiger partial charge in [0.15, 0.2) is 0 Å². The van der Waals surface area contributed by atoms with Gasteiger partial charge in [-0.25, -0.2) is 4.98 Å². The summed E-state index contributed by atoms with van der Waals surface area (Å²) in [7, 11) is 0. The summed E-state index contributed by atoms with van der Waals surface area (Å²) < 4.78 is 0. The van der Waals surface area contributed by atoms with E-state index in [9.17, 15) is 0 Å². The first-order valence-corrected chi connectivity index (χ1v) is 4.20. The first-order valence-electron chi connectivity index (χ1n) is 3.82. The lowest BCUT2D eigenvalue weighted by molar-refractivity contribution is 0.866. The number of halogens is 1. The Morgan fingerprint density at radius 3 is 2.83 bits per heavy atom. The summed E-state index contributed by atoms with van der Waals surface area (Å²) in [6, 6.07) is 3.70. The molecule has 0 aromatic carbocycles. The normalized spacial score (nSPS) is 9.33. The van der Waals surface area contributed by atoms with Crippen molar-refractivity contribution in [1.82, 2.24) is 4.98 Å². The van der Waals surface area contributed by atoms with E-state index >= 15 is 0 Å². The summed E-state index contributed by atoms with van der Waals surface area (Å²) in [6.45, 7) is 4.08. The maximum atomic E-state index is 5.79. The molecule has 1 aromatic heterocycles. The van der Waals surface area contributed by atoms with Crippen LogP contribution in [-0.4, -0.2) is 4.98 Å². The molecule has 1 aromatic rings. The van der Waals surface area contributed by atoms with Crippen molar-refractivity contribution in [3.63, 3.8) is 0 Å². The minimum Gasteiger partial charge on any atom is -0.243 e. The highest BCUT2D eigenvalue weighted by atomic mass is 35.5. The Balaban J connectivity index is 2.92. The quantitative estimate of drug-likeness (QED) is 0.441. The van der Waals surface area contributed by atoms with Crippen molar-refractivity contribution in [2.45, 2.75) is 13.8 Å². The number of hydrogen-bond acceptors (Lipinski definition) is 1. The molecule has 1 heterocycles. The summed E-state index contributed by atoms with van der Waals surface area (Å²) in [6.07, 6.45) is 1.66. The molecule has 0 aliphatic heterocycles. The van der Waals surface area contributed by atoms with E-state index in [-0.39, 0.29) is 0 Å². The standard InChI is InChI=1S/C10H10ClN/c1-8(2)5-6-9-4-3-7-12-10(9)11/h3-4,7-8H,1-2H3. The van der Waals surface area contributed by atoms with Gasteiger partial charge in [-0.2, -0.15) is 0 Å². The van der Waals surface area contributed by atoms with Crippen molar-refractivity contribution in [2.75, 3.05) is 0 Å². The van der Waals surface area contributed by atoms with Crippen LogP contribution in [-0.2, 0) is 0 Å². The van der Waals surface area contributed by atoms with Crippen molar-refractivity contribution >= 4 is 11.6 Å². The van der Waals surface area contributed by atoms with Gasteiger partial charge in [-0.3, -0.25) is 0 Å². The number of pyridine rings is 1. The van der Waals surface area contributed by atoms with Crippen LogP contribution in [0.15, 0.2) is 18.3 Å². The van der Waals surface area contributed by atoms with E-state index in [1.54, 1.807) is 6.20 Å². The third-order valence-corrected chi connectivity index (χ3v) is 1.56. The number of aromatic nitrogens is 1. The van der Waals surface area contributed by atoms with Gasteiger partial charge in [-0.15, -0.1) is 0 Å². The van der Waals surface area contributed by atoms with E-state index < -0.39 is 0 Å². The van der Waals surface area contributed by atoms with Gasteiger partial charge in [0.1, 0.15) is 5.15 Å². The molecule has 0 fully saturated rings. The van der Waals surface area contributed by atoms with Crippen molar-refractivity contribution in [2.24, 2.45) is 5.92 Å². The molecule has 12 heavy (non-hydrogen) atoms. The number of rotatable bonds is 0. The smallest absolute Gasteiger partial charge is 0.144 e. The molecule has 2 heteroatoms. The topological polar surface area (TPSA) is 12.9 Å². The van der Waals surface area contributed by atoms with Gasteiger partial charge in [0, 0.05) is 12.1 Å². The average Bonchev–Trinajstić information content (AvgIpc) is 2.03. The summed E-state index contributed by atoms with van der Waals surface area (Å²) in [5.74, 6) is 6.36. The molecule has 1 nitrogen and oxygen atoms in total. The zero-order chi connectivity index (χ0) is 8.97. The predicted molar refractivity (Wildman–Crippen MR) is 51.0 cm³/mol. The minimum atomic E-state index is 0.362. The lowest BCUT2D eigenvalue weighted by Gasteiger charge is -1.92. The maximum absolute atomic E-state index is 5.79. The highest BCUT2D eigenvalue weighted by Crippen LogP contribution is 2.09. The summed E-state index contributed by atoms with van der Waals surface area (Å²) in [4.78, 5) is 3.92. The molecule has 0 atom stereocenters.